The number of fused-ring (bicyclic) bond motifs is 1. The van der Waals surface area contributed by atoms with Crippen molar-refractivity contribution in [3.05, 3.63) is 29.7 Å². The number of amides is 1. The molecule has 5 nitrogen and oxygen atoms in total. The van der Waals surface area contributed by atoms with Crippen LogP contribution < -0.4 is 5.32 Å². The fraction of sp³-hybridized carbons (Fsp3) is 0.300. The molecule has 0 aliphatic carbocycles. The van der Waals surface area contributed by atoms with Gasteiger partial charge in [-0.3, -0.25) is 9.20 Å². The van der Waals surface area contributed by atoms with Crippen molar-refractivity contribution in [1.29, 1.82) is 0 Å². The van der Waals surface area contributed by atoms with Gasteiger partial charge in [0.15, 0.2) is 11.5 Å². The normalized spacial score (nSPS) is 10.6. The lowest BCUT2D eigenvalue weighted by Crippen LogP contribution is -2.24. The van der Waals surface area contributed by atoms with E-state index >= 15 is 0 Å². The Hall–Kier alpha value is -1.62. The molecule has 0 atom stereocenters. The number of carbonyl (C=O) groups is 1. The Morgan fingerprint density at radius 1 is 1.50 bits per heavy atom. The van der Waals surface area contributed by atoms with Crippen molar-refractivity contribution in [2.75, 3.05) is 5.88 Å². The molecule has 0 saturated heterocycles. The number of nitrogens with one attached hydrogen (secondary N) is 1. The molecule has 1 amide bonds. The van der Waals surface area contributed by atoms with Crippen LogP contribution in [0, 0.1) is 6.92 Å². The summed E-state index contributed by atoms with van der Waals surface area (Å²) in [6, 6.07) is 3.85. The minimum Gasteiger partial charge on any atom is -0.348 e. The highest BCUT2D eigenvalue weighted by atomic mass is 35.5. The number of alkyl halides is 1. The van der Waals surface area contributed by atoms with Gasteiger partial charge in [0.25, 0.3) is 0 Å². The quantitative estimate of drug-likeness (QED) is 0.808. The van der Waals surface area contributed by atoms with E-state index in [1.54, 1.807) is 0 Å². The van der Waals surface area contributed by atoms with Crippen molar-refractivity contribution in [3.63, 3.8) is 0 Å². The Morgan fingerprint density at radius 2 is 2.31 bits per heavy atom. The topological polar surface area (TPSA) is 59.3 Å². The first-order valence-electron chi connectivity index (χ1n) is 4.83. The molecule has 0 aromatic carbocycles. The Labute approximate surface area is 97.4 Å². The maximum atomic E-state index is 11.0. The molecule has 2 aromatic rings. The van der Waals surface area contributed by atoms with E-state index < -0.39 is 0 Å². The van der Waals surface area contributed by atoms with Crippen molar-refractivity contribution in [2.24, 2.45) is 0 Å². The predicted octanol–water partition coefficient (Wildman–Crippen LogP) is 0.893. The summed E-state index contributed by atoms with van der Waals surface area (Å²) in [6.07, 6.45) is 1.93. The molecule has 0 aliphatic heterocycles. The third-order valence-electron chi connectivity index (χ3n) is 2.19. The Bertz CT molecular complexity index is 523. The summed E-state index contributed by atoms with van der Waals surface area (Å²) in [7, 11) is 0. The molecule has 0 bridgehead atoms. The lowest BCUT2D eigenvalue weighted by atomic mass is 10.3. The molecule has 0 fully saturated rings. The summed E-state index contributed by atoms with van der Waals surface area (Å²) in [5.41, 5.74) is 1.87. The van der Waals surface area contributed by atoms with E-state index in [9.17, 15) is 4.79 Å². The van der Waals surface area contributed by atoms with Gasteiger partial charge in [-0.1, -0.05) is 6.07 Å². The van der Waals surface area contributed by atoms with Gasteiger partial charge in [-0.2, -0.15) is 0 Å². The van der Waals surface area contributed by atoms with E-state index in [0.29, 0.717) is 12.4 Å². The van der Waals surface area contributed by atoms with Crippen LogP contribution >= 0.6 is 11.6 Å². The second-order valence-corrected chi connectivity index (χ2v) is 3.73. The summed E-state index contributed by atoms with van der Waals surface area (Å²) in [6.45, 7) is 2.32. The summed E-state index contributed by atoms with van der Waals surface area (Å²) in [5, 5.41) is 10.6. The molecule has 0 spiro atoms. The van der Waals surface area contributed by atoms with E-state index in [-0.39, 0.29) is 11.8 Å². The van der Waals surface area contributed by atoms with E-state index in [1.807, 2.05) is 29.7 Å². The van der Waals surface area contributed by atoms with E-state index in [1.165, 1.54) is 0 Å². The van der Waals surface area contributed by atoms with Crippen LogP contribution in [-0.2, 0) is 11.3 Å². The average molecular weight is 239 g/mol. The number of aromatic nitrogens is 3. The molecular formula is C10H11ClN4O. The van der Waals surface area contributed by atoms with Crippen LogP contribution in [0.1, 0.15) is 11.4 Å². The Kier molecular flexibility index (Phi) is 3.05. The molecule has 0 saturated carbocycles. The van der Waals surface area contributed by atoms with Crippen LogP contribution in [0.15, 0.2) is 18.3 Å². The van der Waals surface area contributed by atoms with Gasteiger partial charge in [0.05, 0.1) is 6.54 Å². The zero-order valence-corrected chi connectivity index (χ0v) is 9.53. The van der Waals surface area contributed by atoms with Gasteiger partial charge >= 0.3 is 0 Å². The maximum Gasteiger partial charge on any atom is 0.235 e. The number of pyridine rings is 1. The zero-order chi connectivity index (χ0) is 11.5. The lowest BCUT2D eigenvalue weighted by molar-refractivity contribution is -0.118. The van der Waals surface area contributed by atoms with Gasteiger partial charge in [0, 0.05) is 6.20 Å². The fourth-order valence-corrected chi connectivity index (χ4v) is 1.48. The third kappa shape index (κ3) is 2.14. The SMILES string of the molecule is Cc1ccc2nnc(CNC(=O)CCl)n2c1. The van der Waals surface area contributed by atoms with Gasteiger partial charge in [-0.15, -0.1) is 21.8 Å². The highest BCUT2D eigenvalue weighted by molar-refractivity contribution is 6.27. The van der Waals surface area contributed by atoms with Crippen molar-refractivity contribution in [2.45, 2.75) is 13.5 Å². The second kappa shape index (κ2) is 4.49. The summed E-state index contributed by atoms with van der Waals surface area (Å²) in [4.78, 5) is 11.0. The molecule has 0 radical (unpaired) electrons. The van der Waals surface area contributed by atoms with Crippen molar-refractivity contribution >= 4 is 23.2 Å². The van der Waals surface area contributed by atoms with Gasteiger partial charge in [-0.25, -0.2) is 0 Å². The summed E-state index contributed by atoms with van der Waals surface area (Å²) in [5.74, 6) is 0.429. The predicted molar refractivity (Wildman–Crippen MR) is 60.3 cm³/mol. The number of hydrogen-bond acceptors (Lipinski definition) is 3. The van der Waals surface area contributed by atoms with E-state index in [2.05, 4.69) is 15.5 Å². The van der Waals surface area contributed by atoms with Crippen molar-refractivity contribution in [3.8, 4) is 0 Å². The summed E-state index contributed by atoms with van der Waals surface area (Å²) < 4.78 is 1.85. The first kappa shape index (κ1) is 10.9. The second-order valence-electron chi connectivity index (χ2n) is 3.46. The fourth-order valence-electron chi connectivity index (χ4n) is 1.39. The number of nitrogens with zero attached hydrogens (tertiary/aromatic N) is 3. The van der Waals surface area contributed by atoms with E-state index in [0.717, 1.165) is 11.2 Å². The van der Waals surface area contributed by atoms with Gasteiger partial charge < -0.3 is 5.32 Å². The molecule has 16 heavy (non-hydrogen) atoms. The highest BCUT2D eigenvalue weighted by Gasteiger charge is 2.06. The smallest absolute Gasteiger partial charge is 0.235 e. The summed E-state index contributed by atoms with van der Waals surface area (Å²) >= 11 is 5.38. The zero-order valence-electron chi connectivity index (χ0n) is 8.77. The molecule has 2 aromatic heterocycles. The van der Waals surface area contributed by atoms with Crippen LogP contribution in [-0.4, -0.2) is 26.4 Å². The molecule has 0 aliphatic rings. The first-order chi connectivity index (χ1) is 7.70. The third-order valence-corrected chi connectivity index (χ3v) is 2.43. The average Bonchev–Trinajstić information content (AvgIpc) is 2.68. The van der Waals surface area contributed by atoms with Gasteiger partial charge in [-0.05, 0) is 18.6 Å². The maximum absolute atomic E-state index is 11.0. The van der Waals surface area contributed by atoms with Crippen LogP contribution in [0.5, 0.6) is 0 Å². The van der Waals surface area contributed by atoms with Crippen LogP contribution in [0.3, 0.4) is 0 Å². The number of rotatable bonds is 3. The lowest BCUT2D eigenvalue weighted by Gasteiger charge is -2.02. The molecule has 6 heteroatoms. The van der Waals surface area contributed by atoms with Crippen molar-refractivity contribution < 1.29 is 4.79 Å². The number of halogens is 1. The standard InChI is InChI=1S/C10H11ClN4O/c1-7-2-3-8-13-14-9(15(8)6-7)5-12-10(16)4-11/h2-3,6H,4-5H2,1H3,(H,12,16). The molecule has 1 N–H and O–H groups in total. The molecule has 0 unspecified atom stereocenters. The molecule has 2 rings (SSSR count). The minimum atomic E-state index is -0.217. The molecular weight excluding hydrogens is 228 g/mol. The Balaban J connectivity index is 2.24. The van der Waals surface area contributed by atoms with Gasteiger partial charge in [0.2, 0.25) is 5.91 Å². The van der Waals surface area contributed by atoms with Crippen LogP contribution in [0.4, 0.5) is 0 Å². The van der Waals surface area contributed by atoms with Crippen LogP contribution in [0.25, 0.3) is 5.65 Å². The van der Waals surface area contributed by atoms with Gasteiger partial charge in [0.1, 0.15) is 5.88 Å². The molecule has 2 heterocycles. The monoisotopic (exact) mass is 238 g/mol. The highest BCUT2D eigenvalue weighted by Crippen LogP contribution is 2.05. The van der Waals surface area contributed by atoms with E-state index in [4.69, 9.17) is 11.6 Å². The largest absolute Gasteiger partial charge is 0.348 e. The number of carbonyl (C=O) groups excluding carboxylic acids is 1. The molecule has 84 valence electrons. The van der Waals surface area contributed by atoms with Crippen molar-refractivity contribution in [1.82, 2.24) is 19.9 Å². The first-order valence-corrected chi connectivity index (χ1v) is 5.37. The number of hydrogen-bond donors (Lipinski definition) is 1. The number of aryl methyl sites for hydroxylation is 1. The Morgan fingerprint density at radius 3 is 3.06 bits per heavy atom. The van der Waals surface area contributed by atoms with Crippen LogP contribution in [0.2, 0.25) is 0 Å². The minimum absolute atomic E-state index is 0.0459.